The highest BCUT2D eigenvalue weighted by atomic mass is 32.2. The average molecular weight is 289 g/mol. The predicted octanol–water partition coefficient (Wildman–Crippen LogP) is -0.883. The van der Waals surface area contributed by atoms with Crippen molar-refractivity contribution in [2.75, 3.05) is 26.2 Å². The van der Waals surface area contributed by atoms with Gasteiger partial charge in [0, 0.05) is 26.1 Å². The van der Waals surface area contributed by atoms with Crippen LogP contribution in [0.25, 0.3) is 0 Å². The molecular formula is C10H19N5O3S. The van der Waals surface area contributed by atoms with Crippen LogP contribution >= 0.6 is 0 Å². The number of rotatable bonds is 6. The van der Waals surface area contributed by atoms with E-state index in [1.807, 2.05) is 0 Å². The minimum atomic E-state index is -3.42. The van der Waals surface area contributed by atoms with Gasteiger partial charge >= 0.3 is 0 Å². The lowest BCUT2D eigenvalue weighted by Crippen LogP contribution is -2.46. The van der Waals surface area contributed by atoms with Crippen molar-refractivity contribution in [2.45, 2.75) is 19.3 Å². The lowest BCUT2D eigenvalue weighted by atomic mass is 9.99. The molecular weight excluding hydrogens is 270 g/mol. The fraction of sp³-hybridized carbons (Fsp3) is 0.800. The summed E-state index contributed by atoms with van der Waals surface area (Å²) < 4.78 is 32.9. The summed E-state index contributed by atoms with van der Waals surface area (Å²) in [5.41, 5.74) is 5.59. The molecule has 2 rings (SSSR count). The Bertz CT molecular complexity index is 467. The second-order valence-corrected chi connectivity index (χ2v) is 6.32. The third-order valence-electron chi connectivity index (χ3n) is 3.28. The molecule has 0 spiro atoms. The van der Waals surface area contributed by atoms with Crippen molar-refractivity contribution < 1.29 is 12.9 Å². The van der Waals surface area contributed by atoms with E-state index in [0.29, 0.717) is 37.9 Å². The first-order chi connectivity index (χ1) is 9.12. The first-order valence-electron chi connectivity index (χ1n) is 6.32. The Kier molecular flexibility index (Phi) is 4.86. The summed E-state index contributed by atoms with van der Waals surface area (Å²) in [6.07, 6.45) is 3.32. The Morgan fingerprint density at radius 3 is 2.79 bits per heavy atom. The fourth-order valence-corrected chi connectivity index (χ4v) is 3.30. The highest BCUT2D eigenvalue weighted by Gasteiger charge is 2.26. The van der Waals surface area contributed by atoms with Gasteiger partial charge < -0.3 is 10.3 Å². The largest absolute Gasteiger partial charge is 0.340 e. The van der Waals surface area contributed by atoms with Crippen molar-refractivity contribution >= 4 is 10.2 Å². The lowest BCUT2D eigenvalue weighted by Gasteiger charge is -2.30. The second kappa shape index (κ2) is 6.42. The van der Waals surface area contributed by atoms with Gasteiger partial charge in [-0.2, -0.15) is 17.7 Å². The molecule has 1 aliphatic heterocycles. The Hall–Kier alpha value is -1.03. The molecule has 0 unspecified atom stereocenters. The smallest absolute Gasteiger partial charge is 0.279 e. The van der Waals surface area contributed by atoms with Gasteiger partial charge in [0.1, 0.15) is 0 Å². The zero-order valence-electron chi connectivity index (χ0n) is 10.7. The SMILES string of the molecule is NCC1CCN(S(=O)(=O)NCCc2ncno2)CC1. The van der Waals surface area contributed by atoms with E-state index in [0.717, 1.165) is 12.8 Å². The number of nitrogens with zero attached hydrogens (tertiary/aromatic N) is 3. The first-order valence-corrected chi connectivity index (χ1v) is 7.76. The molecule has 108 valence electrons. The van der Waals surface area contributed by atoms with Crippen molar-refractivity contribution in [3.63, 3.8) is 0 Å². The molecule has 0 amide bonds. The Labute approximate surface area is 112 Å². The molecule has 1 saturated heterocycles. The van der Waals surface area contributed by atoms with Crippen LogP contribution in [0.2, 0.25) is 0 Å². The second-order valence-electron chi connectivity index (χ2n) is 4.56. The summed E-state index contributed by atoms with van der Waals surface area (Å²) >= 11 is 0. The maximum Gasteiger partial charge on any atom is 0.279 e. The number of piperidine rings is 1. The molecule has 9 heteroatoms. The molecule has 0 aliphatic carbocycles. The summed E-state index contributed by atoms with van der Waals surface area (Å²) in [4.78, 5) is 3.83. The molecule has 1 fully saturated rings. The number of aromatic nitrogens is 2. The summed E-state index contributed by atoms with van der Waals surface area (Å²) in [5, 5.41) is 3.46. The van der Waals surface area contributed by atoms with E-state index in [4.69, 9.17) is 10.3 Å². The third kappa shape index (κ3) is 3.96. The van der Waals surface area contributed by atoms with Crippen molar-refractivity contribution in [3.8, 4) is 0 Å². The molecule has 0 aromatic carbocycles. The minimum absolute atomic E-state index is 0.251. The van der Waals surface area contributed by atoms with Crippen LogP contribution in [0.1, 0.15) is 18.7 Å². The van der Waals surface area contributed by atoms with E-state index < -0.39 is 10.2 Å². The van der Waals surface area contributed by atoms with E-state index in [9.17, 15) is 8.42 Å². The highest BCUT2D eigenvalue weighted by Crippen LogP contribution is 2.17. The van der Waals surface area contributed by atoms with Crippen LogP contribution in [0, 0.1) is 5.92 Å². The maximum absolute atomic E-state index is 12.0. The molecule has 3 N–H and O–H groups in total. The van der Waals surface area contributed by atoms with Gasteiger partial charge in [-0.25, -0.2) is 4.72 Å². The number of nitrogens with one attached hydrogen (secondary N) is 1. The molecule has 1 aromatic rings. The molecule has 2 heterocycles. The normalized spacial score (nSPS) is 18.8. The van der Waals surface area contributed by atoms with Gasteiger partial charge in [0.05, 0.1) is 0 Å². The van der Waals surface area contributed by atoms with E-state index in [2.05, 4.69) is 14.9 Å². The van der Waals surface area contributed by atoms with Crippen LogP contribution in [0.15, 0.2) is 10.9 Å². The van der Waals surface area contributed by atoms with E-state index in [1.165, 1.54) is 10.6 Å². The van der Waals surface area contributed by atoms with Gasteiger partial charge in [0.15, 0.2) is 6.33 Å². The summed E-state index contributed by atoms with van der Waals surface area (Å²) in [5.74, 6) is 0.856. The molecule has 0 radical (unpaired) electrons. The van der Waals surface area contributed by atoms with Gasteiger partial charge in [-0.1, -0.05) is 5.16 Å². The third-order valence-corrected chi connectivity index (χ3v) is 4.89. The fourth-order valence-electron chi connectivity index (χ4n) is 2.07. The zero-order valence-corrected chi connectivity index (χ0v) is 11.5. The molecule has 0 bridgehead atoms. The van der Waals surface area contributed by atoms with E-state index in [1.54, 1.807) is 0 Å². The summed E-state index contributed by atoms with van der Waals surface area (Å²) in [6.45, 7) is 1.93. The molecule has 19 heavy (non-hydrogen) atoms. The quantitative estimate of drug-likeness (QED) is 0.702. The summed E-state index contributed by atoms with van der Waals surface area (Å²) in [7, 11) is -3.42. The molecule has 0 atom stereocenters. The van der Waals surface area contributed by atoms with Crippen molar-refractivity contribution in [2.24, 2.45) is 11.7 Å². The van der Waals surface area contributed by atoms with E-state index in [-0.39, 0.29) is 6.54 Å². The predicted molar refractivity (Wildman–Crippen MR) is 68.3 cm³/mol. The average Bonchev–Trinajstić information content (AvgIpc) is 2.92. The van der Waals surface area contributed by atoms with Crippen LogP contribution in [0.4, 0.5) is 0 Å². The zero-order chi connectivity index (χ0) is 13.7. The molecule has 8 nitrogen and oxygen atoms in total. The number of hydrogen-bond acceptors (Lipinski definition) is 6. The van der Waals surface area contributed by atoms with Crippen LogP contribution in [0.3, 0.4) is 0 Å². The topological polar surface area (TPSA) is 114 Å². The highest BCUT2D eigenvalue weighted by molar-refractivity contribution is 7.87. The molecule has 0 saturated carbocycles. The first kappa shape index (κ1) is 14.4. The van der Waals surface area contributed by atoms with Crippen molar-refractivity contribution in [3.05, 3.63) is 12.2 Å². The Morgan fingerprint density at radius 2 is 2.21 bits per heavy atom. The van der Waals surface area contributed by atoms with Crippen LogP contribution < -0.4 is 10.5 Å². The van der Waals surface area contributed by atoms with Gasteiger partial charge in [-0.15, -0.1) is 0 Å². The van der Waals surface area contributed by atoms with Gasteiger partial charge in [0.2, 0.25) is 5.89 Å². The lowest BCUT2D eigenvalue weighted by molar-refractivity contribution is 0.275. The number of hydrogen-bond donors (Lipinski definition) is 2. The maximum atomic E-state index is 12.0. The minimum Gasteiger partial charge on any atom is -0.340 e. The monoisotopic (exact) mass is 289 g/mol. The van der Waals surface area contributed by atoms with Gasteiger partial charge in [-0.3, -0.25) is 0 Å². The molecule has 1 aliphatic rings. The Morgan fingerprint density at radius 1 is 1.47 bits per heavy atom. The van der Waals surface area contributed by atoms with Crippen LogP contribution in [-0.2, 0) is 16.6 Å². The van der Waals surface area contributed by atoms with E-state index >= 15 is 0 Å². The van der Waals surface area contributed by atoms with Gasteiger partial charge in [-0.05, 0) is 25.3 Å². The Balaban J connectivity index is 1.78. The molecule has 1 aromatic heterocycles. The van der Waals surface area contributed by atoms with Crippen molar-refractivity contribution in [1.82, 2.24) is 19.2 Å². The summed E-state index contributed by atoms with van der Waals surface area (Å²) in [6, 6.07) is 0. The number of nitrogens with two attached hydrogens (primary N) is 1. The standard InChI is InChI=1S/C10H19N5O3S/c11-7-9-2-5-15(6-3-9)19(16,17)14-4-1-10-12-8-13-18-10/h8-9,14H,1-7,11H2. The van der Waals surface area contributed by atoms with Crippen LogP contribution in [-0.4, -0.2) is 49.0 Å². The van der Waals surface area contributed by atoms with Gasteiger partial charge in [0.25, 0.3) is 10.2 Å². The van der Waals surface area contributed by atoms with Crippen molar-refractivity contribution in [1.29, 1.82) is 0 Å². The van der Waals surface area contributed by atoms with Crippen LogP contribution in [0.5, 0.6) is 0 Å².